The normalized spacial score (nSPS) is 20.6. The van der Waals surface area contributed by atoms with Gasteiger partial charge in [-0.1, -0.05) is 18.6 Å². The lowest BCUT2D eigenvalue weighted by atomic mass is 10.1. The minimum Gasteiger partial charge on any atom is -0.352 e. The molecule has 0 bridgehead atoms. The van der Waals surface area contributed by atoms with Crippen LogP contribution in [0.25, 0.3) is 0 Å². The summed E-state index contributed by atoms with van der Waals surface area (Å²) >= 11 is 0. The zero-order chi connectivity index (χ0) is 23.9. The molecule has 3 aliphatic rings. The van der Waals surface area contributed by atoms with E-state index in [-0.39, 0.29) is 15.7 Å². The summed E-state index contributed by atoms with van der Waals surface area (Å²) in [6, 6.07) is 12.9. The Kier molecular flexibility index (Phi) is 5.95. The van der Waals surface area contributed by atoms with Crippen molar-refractivity contribution in [3.05, 3.63) is 59.7 Å². The van der Waals surface area contributed by atoms with Crippen molar-refractivity contribution in [3.8, 4) is 0 Å². The first-order chi connectivity index (χ1) is 16.3. The number of benzene rings is 2. The molecule has 0 radical (unpaired) electrons. The van der Waals surface area contributed by atoms with Crippen LogP contribution in [0.2, 0.25) is 0 Å². The molecule has 0 N–H and O–H groups in total. The van der Waals surface area contributed by atoms with E-state index in [1.54, 1.807) is 41.3 Å². The second-order valence-corrected chi connectivity index (χ2v) is 12.2. The highest BCUT2D eigenvalue weighted by Gasteiger charge is 2.34. The smallest absolute Gasteiger partial charge is 0.285 e. The summed E-state index contributed by atoms with van der Waals surface area (Å²) in [6.07, 6.45) is 2.78. The molecule has 180 valence electrons. The quantitative estimate of drug-likeness (QED) is 0.633. The Morgan fingerprint density at radius 1 is 0.824 bits per heavy atom. The third-order valence-corrected chi connectivity index (χ3v) is 9.77. The lowest BCUT2D eigenvalue weighted by Gasteiger charge is -2.35. The maximum Gasteiger partial charge on any atom is 0.285 e. The fourth-order valence-corrected chi connectivity index (χ4v) is 7.39. The molecule has 2 aromatic rings. The van der Waals surface area contributed by atoms with Crippen molar-refractivity contribution in [3.63, 3.8) is 0 Å². The van der Waals surface area contributed by atoms with Gasteiger partial charge in [0.25, 0.3) is 15.9 Å². The molecule has 0 aromatic heterocycles. The lowest BCUT2D eigenvalue weighted by Crippen LogP contribution is -2.50. The third-order valence-electron chi connectivity index (χ3n) is 6.53. The fourth-order valence-electron chi connectivity index (χ4n) is 4.64. The number of hydrogen-bond acceptors (Lipinski definition) is 6. The van der Waals surface area contributed by atoms with Gasteiger partial charge in [0.2, 0.25) is 10.0 Å². The first kappa shape index (κ1) is 23.0. The molecule has 11 heteroatoms. The largest absolute Gasteiger partial charge is 0.352 e. The average Bonchev–Trinajstić information content (AvgIpc) is 3.15. The van der Waals surface area contributed by atoms with Gasteiger partial charge in [0.1, 0.15) is 4.90 Å². The van der Waals surface area contributed by atoms with Crippen molar-refractivity contribution in [1.82, 2.24) is 14.1 Å². The van der Waals surface area contributed by atoms with Crippen molar-refractivity contribution < 1.29 is 21.6 Å². The third kappa shape index (κ3) is 4.12. The SMILES string of the molecule is O=C(c1ccc(S(=O)(=O)N2CCCCC2)cc1)N1CCN(C2=NS(=O)(=O)c3ccccc32)CC1. The van der Waals surface area contributed by atoms with Gasteiger partial charge in [0.05, 0.1) is 4.90 Å². The molecule has 5 rings (SSSR count). The van der Waals surface area contributed by atoms with E-state index in [1.807, 2.05) is 4.90 Å². The highest BCUT2D eigenvalue weighted by Crippen LogP contribution is 2.28. The highest BCUT2D eigenvalue weighted by molar-refractivity contribution is 7.90. The van der Waals surface area contributed by atoms with Crippen LogP contribution in [0.15, 0.2) is 62.7 Å². The zero-order valence-electron chi connectivity index (χ0n) is 18.6. The number of carbonyl (C=O) groups is 1. The van der Waals surface area contributed by atoms with E-state index in [1.165, 1.54) is 16.4 Å². The topological polar surface area (TPSA) is 107 Å². The maximum absolute atomic E-state index is 13.0. The molecule has 2 saturated heterocycles. The molecule has 0 saturated carbocycles. The summed E-state index contributed by atoms with van der Waals surface area (Å²) in [4.78, 5) is 17.0. The molecule has 1 amide bonds. The minimum absolute atomic E-state index is 0.178. The van der Waals surface area contributed by atoms with Crippen LogP contribution in [0, 0.1) is 0 Å². The first-order valence-electron chi connectivity index (χ1n) is 11.4. The number of amides is 1. The molecular weight excluding hydrogens is 476 g/mol. The van der Waals surface area contributed by atoms with Crippen LogP contribution in [-0.4, -0.2) is 82.0 Å². The number of rotatable bonds is 3. The van der Waals surface area contributed by atoms with E-state index in [2.05, 4.69) is 4.40 Å². The van der Waals surface area contributed by atoms with Crippen molar-refractivity contribution in [2.24, 2.45) is 4.40 Å². The molecule has 0 atom stereocenters. The summed E-state index contributed by atoms with van der Waals surface area (Å²) in [6.45, 7) is 2.79. The maximum atomic E-state index is 13.0. The van der Waals surface area contributed by atoms with Gasteiger partial charge in [-0.05, 0) is 49.2 Å². The Balaban J connectivity index is 1.25. The van der Waals surface area contributed by atoms with Gasteiger partial charge < -0.3 is 9.80 Å². The number of carbonyl (C=O) groups excluding carboxylic acids is 1. The van der Waals surface area contributed by atoms with Gasteiger partial charge in [-0.25, -0.2) is 8.42 Å². The molecule has 0 unspecified atom stereocenters. The van der Waals surface area contributed by atoms with Gasteiger partial charge >= 0.3 is 0 Å². The average molecular weight is 503 g/mol. The Bertz CT molecular complexity index is 1340. The van der Waals surface area contributed by atoms with Crippen LogP contribution in [0.5, 0.6) is 0 Å². The molecule has 0 aliphatic carbocycles. The van der Waals surface area contributed by atoms with Crippen LogP contribution in [0.1, 0.15) is 35.2 Å². The molecule has 0 spiro atoms. The summed E-state index contributed by atoms with van der Waals surface area (Å²) < 4.78 is 55.8. The molecule has 3 aliphatic heterocycles. The van der Waals surface area contributed by atoms with Crippen molar-refractivity contribution in [2.75, 3.05) is 39.3 Å². The number of amidine groups is 1. The number of fused-ring (bicyclic) bond motifs is 1. The Morgan fingerprint density at radius 2 is 1.47 bits per heavy atom. The van der Waals surface area contributed by atoms with Gasteiger partial charge in [-0.2, -0.15) is 12.7 Å². The molecule has 3 heterocycles. The van der Waals surface area contributed by atoms with Gasteiger partial charge in [-0.3, -0.25) is 4.79 Å². The summed E-state index contributed by atoms with van der Waals surface area (Å²) in [5.41, 5.74) is 1.02. The second-order valence-electron chi connectivity index (χ2n) is 8.65. The van der Waals surface area contributed by atoms with Crippen LogP contribution in [0.3, 0.4) is 0 Å². The van der Waals surface area contributed by atoms with Gasteiger partial charge in [0, 0.05) is 50.4 Å². The standard InChI is InChI=1S/C23H26N4O5S2/c28-23(18-8-10-19(11-9-18)34(31,32)27-12-4-1-5-13-27)26-16-14-25(15-17-26)22-20-6-2-3-7-21(20)33(29,30)24-22/h2-3,6-11H,1,4-5,12-17H2. The van der Waals surface area contributed by atoms with Crippen LogP contribution < -0.4 is 0 Å². The second kappa shape index (κ2) is 8.79. The summed E-state index contributed by atoms with van der Waals surface area (Å²) in [7, 11) is -7.23. The number of piperazine rings is 1. The Labute approximate surface area is 199 Å². The molecule has 34 heavy (non-hydrogen) atoms. The van der Waals surface area contributed by atoms with Crippen molar-refractivity contribution in [1.29, 1.82) is 0 Å². The fraction of sp³-hybridized carbons (Fsp3) is 0.391. The number of piperidine rings is 1. The van der Waals surface area contributed by atoms with Gasteiger partial charge in [-0.15, -0.1) is 4.40 Å². The molecule has 2 aromatic carbocycles. The van der Waals surface area contributed by atoms with Crippen LogP contribution >= 0.6 is 0 Å². The molecular formula is C23H26N4O5S2. The van der Waals surface area contributed by atoms with E-state index >= 15 is 0 Å². The number of hydrogen-bond donors (Lipinski definition) is 0. The lowest BCUT2D eigenvalue weighted by molar-refractivity contribution is 0.0692. The van der Waals surface area contributed by atoms with E-state index < -0.39 is 20.0 Å². The van der Waals surface area contributed by atoms with E-state index in [0.29, 0.717) is 56.2 Å². The predicted octanol–water partition coefficient (Wildman–Crippen LogP) is 1.77. The summed E-state index contributed by atoms with van der Waals surface area (Å²) in [5, 5.41) is 0. The van der Waals surface area contributed by atoms with E-state index in [9.17, 15) is 21.6 Å². The Morgan fingerprint density at radius 3 is 2.15 bits per heavy atom. The number of sulfonamides is 2. The molecule has 2 fully saturated rings. The van der Waals surface area contributed by atoms with E-state index in [0.717, 1.165) is 19.3 Å². The minimum atomic E-state index is -3.69. The van der Waals surface area contributed by atoms with Crippen molar-refractivity contribution >= 4 is 31.8 Å². The van der Waals surface area contributed by atoms with Crippen LogP contribution in [0.4, 0.5) is 0 Å². The summed E-state index contributed by atoms with van der Waals surface area (Å²) in [5.74, 6) is 0.248. The zero-order valence-corrected chi connectivity index (χ0v) is 20.3. The predicted molar refractivity (Wildman–Crippen MR) is 127 cm³/mol. The molecule has 9 nitrogen and oxygen atoms in total. The van der Waals surface area contributed by atoms with E-state index in [4.69, 9.17) is 0 Å². The highest BCUT2D eigenvalue weighted by atomic mass is 32.2. The Hall–Kier alpha value is -2.76. The number of nitrogens with zero attached hydrogens (tertiary/aromatic N) is 4. The first-order valence-corrected chi connectivity index (χ1v) is 14.2. The van der Waals surface area contributed by atoms with Crippen LogP contribution in [-0.2, 0) is 20.0 Å². The van der Waals surface area contributed by atoms with Gasteiger partial charge in [0.15, 0.2) is 5.84 Å². The van der Waals surface area contributed by atoms with Crippen molar-refractivity contribution in [2.45, 2.75) is 29.1 Å². The monoisotopic (exact) mass is 502 g/mol.